The molecule has 3 aliphatic heterocycles. The Hall–Kier alpha value is -6.91. The summed E-state index contributed by atoms with van der Waals surface area (Å²) in [5, 5.41) is 12.7. The Balaban J connectivity index is 0.000000317. The highest BCUT2D eigenvalue weighted by molar-refractivity contribution is 6.02. The fourth-order valence-corrected chi connectivity index (χ4v) is 9.28. The largest absolute Gasteiger partial charge is 0.508 e. The minimum absolute atomic E-state index is 0.00818. The second-order valence-electron chi connectivity index (χ2n) is 18.4. The molecule has 13 nitrogen and oxygen atoms in total. The van der Waals surface area contributed by atoms with Crippen molar-refractivity contribution in [2.45, 2.75) is 58.8 Å². The lowest BCUT2D eigenvalue weighted by Crippen LogP contribution is -2.53. The maximum absolute atomic E-state index is 15.3. The van der Waals surface area contributed by atoms with E-state index in [4.69, 9.17) is 14.6 Å². The lowest BCUT2D eigenvalue weighted by atomic mass is 9.89. The molecule has 0 saturated carbocycles. The van der Waals surface area contributed by atoms with Crippen LogP contribution in [-0.2, 0) is 48.9 Å². The van der Waals surface area contributed by atoms with Crippen molar-refractivity contribution in [1.82, 2.24) is 24.1 Å². The molecule has 16 heteroatoms. The van der Waals surface area contributed by atoms with Gasteiger partial charge in [0.05, 0.1) is 44.8 Å². The maximum atomic E-state index is 15.3. The molecule has 362 valence electrons. The van der Waals surface area contributed by atoms with Gasteiger partial charge in [-0.25, -0.2) is 9.07 Å². The second kappa shape index (κ2) is 20.8. The minimum Gasteiger partial charge on any atom is -0.508 e. The van der Waals surface area contributed by atoms with Crippen LogP contribution in [0.3, 0.4) is 0 Å². The third-order valence-corrected chi connectivity index (χ3v) is 13.9. The molecular weight excluding hydrogens is 888 g/mol. The number of alkyl halides is 2. The van der Waals surface area contributed by atoms with Crippen LogP contribution in [0.1, 0.15) is 67.7 Å². The van der Waals surface area contributed by atoms with E-state index in [-0.39, 0.29) is 30.0 Å². The van der Waals surface area contributed by atoms with Crippen LogP contribution in [0.5, 0.6) is 11.5 Å². The first kappa shape index (κ1) is 48.5. The van der Waals surface area contributed by atoms with Crippen LogP contribution in [-0.4, -0.2) is 118 Å². The fourth-order valence-electron chi connectivity index (χ4n) is 9.28. The third-order valence-electron chi connectivity index (χ3n) is 13.9. The quantitative estimate of drug-likeness (QED) is 0.0962. The number of carbonyl (C=O) groups excluding carboxylic acids is 3. The van der Waals surface area contributed by atoms with E-state index in [0.29, 0.717) is 65.5 Å². The smallest absolute Gasteiger partial charge is 0.333 e. The number of phenols is 1. The Morgan fingerprint density at radius 1 is 0.971 bits per heavy atom. The Morgan fingerprint density at radius 3 is 2.39 bits per heavy atom. The number of halogens is 3. The predicted molar refractivity (Wildman–Crippen MR) is 256 cm³/mol. The molecule has 3 aliphatic rings. The Morgan fingerprint density at radius 2 is 1.71 bits per heavy atom. The van der Waals surface area contributed by atoms with Crippen molar-refractivity contribution in [3.63, 3.8) is 0 Å². The number of carbonyl (C=O) groups is 3. The monoisotopic (exact) mass is 946 g/mol. The van der Waals surface area contributed by atoms with Gasteiger partial charge in [0.25, 0.3) is 5.91 Å². The van der Waals surface area contributed by atoms with Gasteiger partial charge in [0.1, 0.15) is 43.6 Å². The number of phenolic OH excluding ortho intramolecular Hbond substituents is 1. The Kier molecular flexibility index (Phi) is 14.6. The lowest BCUT2D eigenvalue weighted by molar-refractivity contribution is -0.916. The zero-order chi connectivity index (χ0) is 49.0. The molecule has 0 aliphatic carbocycles. The fraction of sp³-hybridized carbons (Fsp3) is 0.358. The summed E-state index contributed by atoms with van der Waals surface area (Å²) in [6.07, 6.45) is 4.77. The van der Waals surface area contributed by atoms with E-state index in [2.05, 4.69) is 37.3 Å². The van der Waals surface area contributed by atoms with Crippen LogP contribution in [0.25, 0.3) is 11.3 Å². The van der Waals surface area contributed by atoms with E-state index in [1.54, 1.807) is 41.1 Å². The predicted octanol–water partition coefficient (Wildman–Crippen LogP) is 8.27. The van der Waals surface area contributed by atoms with Gasteiger partial charge in [0, 0.05) is 79.6 Å². The summed E-state index contributed by atoms with van der Waals surface area (Å²) in [6.45, 7) is 7.27. The third kappa shape index (κ3) is 10.9. The average molecular weight is 947 g/mol. The van der Waals surface area contributed by atoms with Crippen molar-refractivity contribution in [2.75, 3.05) is 65.0 Å². The first-order valence-corrected chi connectivity index (χ1v) is 23.2. The summed E-state index contributed by atoms with van der Waals surface area (Å²) in [4.78, 5) is 45.5. The lowest BCUT2D eigenvalue weighted by Gasteiger charge is -2.37. The highest BCUT2D eigenvalue weighted by Gasteiger charge is 2.32. The number of amides is 2. The molecule has 2 amide bonds. The van der Waals surface area contributed by atoms with Crippen molar-refractivity contribution in [2.24, 2.45) is 7.05 Å². The molecule has 2 aromatic heterocycles. The van der Waals surface area contributed by atoms with E-state index in [1.807, 2.05) is 47.7 Å². The summed E-state index contributed by atoms with van der Waals surface area (Å²) in [7, 11) is 5.83. The number of hydrogen-bond donors (Lipinski definition) is 1. The van der Waals surface area contributed by atoms with E-state index < -0.39 is 12.4 Å². The zero-order valence-corrected chi connectivity index (χ0v) is 39.7. The molecule has 6 aromatic rings. The number of nitrogens with zero attached hydrogens (tertiary/aromatic N) is 7. The van der Waals surface area contributed by atoms with Gasteiger partial charge in [-0.1, -0.05) is 30.3 Å². The molecule has 1 atom stereocenters. The molecule has 0 spiro atoms. The SMILES string of the molecule is CN(c1ccc(O)cc1)c1cnn(C(F)F)c1.Cc1c(C=O)cc(-c2cc3c(cc2C(=O)N2Cc4ccccc4CC2C)CN(C(=O)Cc2ccc(OCC[N+]4(C)CCOCC4)cc2F)CC3)n1C. The highest BCUT2D eigenvalue weighted by atomic mass is 19.3. The van der Waals surface area contributed by atoms with Gasteiger partial charge in [0.2, 0.25) is 5.91 Å². The van der Waals surface area contributed by atoms with Gasteiger partial charge >= 0.3 is 6.55 Å². The normalized spacial score (nSPS) is 16.3. The number of ether oxygens (including phenoxy) is 2. The highest BCUT2D eigenvalue weighted by Crippen LogP contribution is 2.35. The number of fused-ring (bicyclic) bond motifs is 2. The zero-order valence-electron chi connectivity index (χ0n) is 39.7. The van der Waals surface area contributed by atoms with E-state index in [9.17, 15) is 23.2 Å². The molecule has 1 unspecified atom stereocenters. The molecule has 69 heavy (non-hydrogen) atoms. The van der Waals surface area contributed by atoms with Crippen molar-refractivity contribution < 1.29 is 46.6 Å². The van der Waals surface area contributed by atoms with Gasteiger partial charge in [0.15, 0.2) is 6.29 Å². The number of benzene rings is 4. The van der Waals surface area contributed by atoms with Crippen LogP contribution in [0, 0.1) is 12.7 Å². The molecule has 4 aromatic carbocycles. The molecule has 1 fully saturated rings. The molecule has 0 radical (unpaired) electrons. The number of aromatic nitrogens is 3. The summed E-state index contributed by atoms with van der Waals surface area (Å²) in [5.74, 6) is -0.105. The summed E-state index contributed by atoms with van der Waals surface area (Å²) >= 11 is 0. The van der Waals surface area contributed by atoms with Crippen LogP contribution in [0.2, 0.25) is 0 Å². The van der Waals surface area contributed by atoms with Crippen molar-refractivity contribution in [3.8, 4) is 22.8 Å². The molecule has 9 rings (SSSR count). The van der Waals surface area contributed by atoms with E-state index in [1.165, 1.54) is 36.2 Å². The van der Waals surface area contributed by atoms with Crippen LogP contribution in [0.15, 0.2) is 97.3 Å². The van der Waals surface area contributed by atoms with Crippen molar-refractivity contribution in [3.05, 3.63) is 148 Å². The van der Waals surface area contributed by atoms with Crippen LogP contribution in [0.4, 0.5) is 24.5 Å². The van der Waals surface area contributed by atoms with Gasteiger partial charge in [-0.2, -0.15) is 13.9 Å². The molecular formula is C53H59F3N7O6+. The first-order valence-electron chi connectivity index (χ1n) is 23.2. The van der Waals surface area contributed by atoms with Gasteiger partial charge in [-0.15, -0.1) is 0 Å². The van der Waals surface area contributed by atoms with Gasteiger partial charge in [-0.05, 0) is 103 Å². The van der Waals surface area contributed by atoms with Crippen molar-refractivity contribution in [1.29, 1.82) is 0 Å². The van der Waals surface area contributed by atoms with Crippen molar-refractivity contribution >= 4 is 29.5 Å². The maximum Gasteiger partial charge on any atom is 0.333 e. The summed E-state index contributed by atoms with van der Waals surface area (Å²) in [5.41, 5.74) is 9.53. The number of likely N-dealkylation sites (N-methyl/N-ethyl adjacent to an activating group) is 1. The Bertz CT molecular complexity index is 2820. The van der Waals surface area contributed by atoms with Gasteiger partial charge in [-0.3, -0.25) is 14.4 Å². The van der Waals surface area contributed by atoms with Gasteiger partial charge < -0.3 is 38.3 Å². The number of aromatic hydroxyl groups is 1. The number of aldehydes is 1. The number of hydrogen-bond acceptors (Lipinski definition) is 8. The number of anilines is 2. The van der Waals surface area contributed by atoms with Crippen LogP contribution >= 0.6 is 0 Å². The van der Waals surface area contributed by atoms with Crippen LogP contribution < -0.4 is 9.64 Å². The standard InChI is InChI=1S/C42H48FN4O5.C11H11F2N3O/c1-28-19-30-7-5-6-8-33(30)26-46(28)42(50)38-21-34-25-45(12-11-31(34)20-37(38)40-22-35(27-48)29(2)44(40)3)41(49)23-32-9-10-36(24-39(32)43)52-18-15-47(4)13-16-51-17-14-47;1-15(8-2-4-10(17)5-3-8)9-6-14-16(7-9)11(12)13/h5-10,20-22,24,27-28H,11-19,23,25-26H2,1-4H3;2-7,11,17H,1H3/q+1;. The van der Waals surface area contributed by atoms with E-state index >= 15 is 4.39 Å². The molecule has 5 heterocycles. The number of morpholine rings is 1. The molecule has 1 saturated heterocycles. The summed E-state index contributed by atoms with van der Waals surface area (Å²) in [6, 6.07) is 25.3. The number of quaternary nitrogens is 1. The van der Waals surface area contributed by atoms with E-state index in [0.717, 1.165) is 89.4 Å². The second-order valence-corrected chi connectivity index (χ2v) is 18.4. The topological polar surface area (TPSA) is 122 Å². The molecule has 0 bridgehead atoms. The first-order chi connectivity index (χ1) is 33.1. The summed E-state index contributed by atoms with van der Waals surface area (Å²) < 4.78 is 54.8. The minimum atomic E-state index is -2.64. The molecule has 1 N–H and O–H groups in total. The Labute approximate surface area is 400 Å². The average Bonchev–Trinajstić information content (AvgIpc) is 3.96. The number of rotatable bonds is 12.